The Kier molecular flexibility index (Phi) is 4.40. The molecule has 0 unspecified atom stereocenters. The van der Waals surface area contributed by atoms with Gasteiger partial charge in [-0.2, -0.15) is 0 Å². The molecule has 2 heterocycles. The van der Waals surface area contributed by atoms with Gasteiger partial charge in [-0.1, -0.05) is 0 Å². The van der Waals surface area contributed by atoms with Crippen molar-refractivity contribution >= 4 is 15.7 Å². The molecule has 1 aromatic rings. The van der Waals surface area contributed by atoms with Crippen LogP contribution >= 0.6 is 0 Å². The van der Waals surface area contributed by atoms with Gasteiger partial charge < -0.3 is 10.2 Å². The Labute approximate surface area is 125 Å². The first-order chi connectivity index (χ1) is 10.1. The van der Waals surface area contributed by atoms with E-state index in [4.69, 9.17) is 0 Å². The summed E-state index contributed by atoms with van der Waals surface area (Å²) in [6.07, 6.45) is 5.23. The second-order valence-corrected chi connectivity index (χ2v) is 8.15. The van der Waals surface area contributed by atoms with E-state index in [2.05, 4.69) is 20.2 Å². The monoisotopic (exact) mass is 310 g/mol. The molecule has 0 bridgehead atoms. The fourth-order valence-corrected chi connectivity index (χ4v) is 3.78. The highest BCUT2D eigenvalue weighted by Gasteiger charge is 2.26. The molecule has 1 aliphatic heterocycles. The zero-order valence-corrected chi connectivity index (χ0v) is 13.0. The van der Waals surface area contributed by atoms with Crippen molar-refractivity contribution in [3.8, 4) is 0 Å². The van der Waals surface area contributed by atoms with Gasteiger partial charge in [-0.05, 0) is 31.9 Å². The van der Waals surface area contributed by atoms with Crippen molar-refractivity contribution in [3.05, 3.63) is 18.1 Å². The fraction of sp³-hybridized carbons (Fsp3) is 0.714. The summed E-state index contributed by atoms with van der Waals surface area (Å²) in [4.78, 5) is 11.0. The Bertz CT molecular complexity index is 572. The number of rotatable bonds is 6. The molecule has 3 rings (SSSR count). The first-order valence-electron chi connectivity index (χ1n) is 7.62. The molecule has 1 N–H and O–H groups in total. The van der Waals surface area contributed by atoms with Crippen LogP contribution in [0.4, 0.5) is 5.82 Å². The summed E-state index contributed by atoms with van der Waals surface area (Å²) in [6, 6.07) is 1.90. The molecule has 1 saturated heterocycles. The molecule has 2 fully saturated rings. The maximum atomic E-state index is 11.3. The lowest BCUT2D eigenvalue weighted by Crippen LogP contribution is -2.41. The van der Waals surface area contributed by atoms with Crippen LogP contribution in [0, 0.1) is 0 Å². The van der Waals surface area contributed by atoms with Crippen molar-refractivity contribution in [3.63, 3.8) is 0 Å². The van der Waals surface area contributed by atoms with E-state index in [0.717, 1.165) is 31.2 Å². The van der Waals surface area contributed by atoms with Crippen molar-refractivity contribution in [2.24, 2.45) is 0 Å². The normalized spacial score (nSPS) is 22.1. The molecular formula is C14H22N4O2S. The van der Waals surface area contributed by atoms with Crippen LogP contribution in [0.1, 0.15) is 31.0 Å². The summed E-state index contributed by atoms with van der Waals surface area (Å²) in [5.74, 6) is 3.03. The second kappa shape index (κ2) is 6.27. The van der Waals surface area contributed by atoms with Gasteiger partial charge in [0.1, 0.15) is 11.6 Å². The zero-order valence-electron chi connectivity index (χ0n) is 12.2. The minimum absolute atomic E-state index is 0.303. The van der Waals surface area contributed by atoms with E-state index in [-0.39, 0.29) is 0 Å². The van der Waals surface area contributed by atoms with Gasteiger partial charge >= 0.3 is 0 Å². The highest BCUT2D eigenvalue weighted by Crippen LogP contribution is 2.37. The van der Waals surface area contributed by atoms with Gasteiger partial charge in [-0.25, -0.2) is 18.4 Å². The number of nitrogens with one attached hydrogen (secondary N) is 1. The van der Waals surface area contributed by atoms with Gasteiger partial charge in [0.25, 0.3) is 0 Å². The molecule has 0 atom stereocenters. The standard InChI is InChI=1S/C14H22N4O2S/c19-21(20)10-8-18(9-11-21)7-1-5-15-13-4-6-16-14(17-13)12-2-3-12/h4,6,12H,1-3,5,7-11H2,(H,15,16,17). The smallest absolute Gasteiger partial charge is 0.152 e. The molecular weight excluding hydrogens is 288 g/mol. The Morgan fingerprint density at radius 3 is 2.76 bits per heavy atom. The molecule has 1 aromatic heterocycles. The third kappa shape index (κ3) is 4.38. The van der Waals surface area contributed by atoms with E-state index >= 15 is 0 Å². The maximum absolute atomic E-state index is 11.3. The largest absolute Gasteiger partial charge is 0.370 e. The zero-order chi connectivity index (χ0) is 14.7. The fourth-order valence-electron chi connectivity index (χ4n) is 2.50. The average molecular weight is 310 g/mol. The molecule has 2 aliphatic rings. The molecule has 1 saturated carbocycles. The first-order valence-corrected chi connectivity index (χ1v) is 9.44. The Morgan fingerprint density at radius 2 is 2.05 bits per heavy atom. The van der Waals surface area contributed by atoms with Crippen LogP contribution in [0.5, 0.6) is 0 Å². The van der Waals surface area contributed by atoms with Gasteiger partial charge in [0.2, 0.25) is 0 Å². The summed E-state index contributed by atoms with van der Waals surface area (Å²) in [5.41, 5.74) is 0. The van der Waals surface area contributed by atoms with Crippen LogP contribution in [0.25, 0.3) is 0 Å². The van der Waals surface area contributed by atoms with Crippen LogP contribution in [-0.4, -0.2) is 61.0 Å². The summed E-state index contributed by atoms with van der Waals surface area (Å²) < 4.78 is 22.7. The summed E-state index contributed by atoms with van der Waals surface area (Å²) >= 11 is 0. The van der Waals surface area contributed by atoms with Gasteiger partial charge in [-0.15, -0.1) is 0 Å². The molecule has 116 valence electrons. The van der Waals surface area contributed by atoms with Gasteiger partial charge in [-0.3, -0.25) is 0 Å². The molecule has 6 nitrogen and oxygen atoms in total. The Morgan fingerprint density at radius 1 is 1.29 bits per heavy atom. The van der Waals surface area contributed by atoms with Crippen molar-refractivity contribution in [2.75, 3.05) is 43.0 Å². The predicted octanol–water partition coefficient (Wildman–Crippen LogP) is 0.886. The van der Waals surface area contributed by atoms with Gasteiger partial charge in [0.05, 0.1) is 11.5 Å². The minimum atomic E-state index is -2.77. The minimum Gasteiger partial charge on any atom is -0.370 e. The third-order valence-corrected chi connectivity index (χ3v) is 5.62. The molecule has 1 aliphatic carbocycles. The van der Waals surface area contributed by atoms with Crippen molar-refractivity contribution in [1.29, 1.82) is 0 Å². The van der Waals surface area contributed by atoms with E-state index in [1.807, 2.05) is 12.3 Å². The molecule has 7 heteroatoms. The average Bonchev–Trinajstić information content (AvgIpc) is 3.30. The second-order valence-electron chi connectivity index (χ2n) is 5.85. The third-order valence-electron chi connectivity index (χ3n) is 4.01. The maximum Gasteiger partial charge on any atom is 0.152 e. The van der Waals surface area contributed by atoms with E-state index in [9.17, 15) is 8.42 Å². The quantitative estimate of drug-likeness (QED) is 0.786. The number of hydrogen-bond donors (Lipinski definition) is 1. The van der Waals surface area contributed by atoms with Crippen molar-refractivity contribution in [1.82, 2.24) is 14.9 Å². The first kappa shape index (κ1) is 14.7. The van der Waals surface area contributed by atoms with Crippen LogP contribution in [0.15, 0.2) is 12.3 Å². The van der Waals surface area contributed by atoms with E-state index in [1.165, 1.54) is 12.8 Å². The van der Waals surface area contributed by atoms with E-state index in [1.54, 1.807) is 0 Å². The number of sulfone groups is 1. The topological polar surface area (TPSA) is 75.2 Å². The molecule has 0 aromatic carbocycles. The Balaban J connectivity index is 1.37. The predicted molar refractivity (Wildman–Crippen MR) is 82.2 cm³/mol. The van der Waals surface area contributed by atoms with Crippen molar-refractivity contribution in [2.45, 2.75) is 25.2 Å². The summed E-state index contributed by atoms with van der Waals surface area (Å²) in [6.45, 7) is 3.12. The van der Waals surface area contributed by atoms with Gasteiger partial charge in [0.15, 0.2) is 9.84 Å². The van der Waals surface area contributed by atoms with E-state index < -0.39 is 9.84 Å². The lowest BCUT2D eigenvalue weighted by Gasteiger charge is -2.26. The van der Waals surface area contributed by atoms with E-state index in [0.29, 0.717) is 30.5 Å². The highest BCUT2D eigenvalue weighted by molar-refractivity contribution is 7.91. The number of hydrogen-bond acceptors (Lipinski definition) is 6. The lowest BCUT2D eigenvalue weighted by molar-refractivity contribution is 0.294. The van der Waals surface area contributed by atoms with Crippen LogP contribution in [0.2, 0.25) is 0 Å². The Hall–Kier alpha value is -1.21. The number of anilines is 1. The molecule has 21 heavy (non-hydrogen) atoms. The van der Waals surface area contributed by atoms with Crippen LogP contribution < -0.4 is 5.32 Å². The number of nitrogens with zero attached hydrogens (tertiary/aromatic N) is 3. The van der Waals surface area contributed by atoms with Crippen LogP contribution in [-0.2, 0) is 9.84 Å². The number of aromatic nitrogens is 2. The highest BCUT2D eigenvalue weighted by atomic mass is 32.2. The SMILES string of the molecule is O=S1(=O)CCN(CCCNc2ccnc(C3CC3)n2)CC1. The summed E-state index contributed by atoms with van der Waals surface area (Å²) in [7, 11) is -2.77. The van der Waals surface area contributed by atoms with Crippen molar-refractivity contribution < 1.29 is 8.42 Å². The molecule has 0 amide bonds. The molecule has 0 radical (unpaired) electrons. The van der Waals surface area contributed by atoms with Crippen LogP contribution in [0.3, 0.4) is 0 Å². The lowest BCUT2D eigenvalue weighted by atomic mass is 10.3. The van der Waals surface area contributed by atoms with Gasteiger partial charge in [0, 0.05) is 31.7 Å². The molecule has 0 spiro atoms. The summed E-state index contributed by atoms with van der Waals surface area (Å²) in [5, 5.41) is 3.33.